The fraction of sp³-hybridized carbons (Fsp3) is 0.769. The molecule has 0 unspecified atom stereocenters. The molecule has 0 aromatic rings. The van der Waals surface area contributed by atoms with Crippen molar-refractivity contribution >= 4 is 75.3 Å². The van der Waals surface area contributed by atoms with E-state index in [2.05, 4.69) is 32.9 Å². The number of halogens is 4. The van der Waals surface area contributed by atoms with Crippen molar-refractivity contribution in [3.63, 3.8) is 0 Å². The summed E-state index contributed by atoms with van der Waals surface area (Å²) < 4.78 is 14.1. The first-order chi connectivity index (χ1) is 11.2. The van der Waals surface area contributed by atoms with E-state index >= 15 is 0 Å². The van der Waals surface area contributed by atoms with Crippen molar-refractivity contribution in [2.45, 2.75) is 45.7 Å². The first-order valence-electron chi connectivity index (χ1n) is 7.23. The highest BCUT2D eigenvalue weighted by Crippen LogP contribution is 2.30. The minimum absolute atomic E-state index is 0.0232. The molecule has 0 radical (unpaired) electrons. The van der Waals surface area contributed by atoms with Crippen LogP contribution in [0, 0.1) is 5.41 Å². The summed E-state index contributed by atoms with van der Waals surface area (Å²) in [7, 11) is 0. The van der Waals surface area contributed by atoms with Gasteiger partial charge in [-0.3, -0.25) is 5.41 Å². The zero-order valence-electron chi connectivity index (χ0n) is 12.7. The molecule has 4 atom stereocenters. The van der Waals surface area contributed by atoms with E-state index in [9.17, 15) is 4.79 Å². The third-order valence-corrected chi connectivity index (χ3v) is 5.32. The number of hydrogen-bond acceptors (Lipinski definition) is 6. The summed E-state index contributed by atoms with van der Waals surface area (Å²) in [5.74, 6) is 0.186. The summed E-state index contributed by atoms with van der Waals surface area (Å²) in [5.41, 5.74) is 0. The molecule has 0 aliphatic carbocycles. The van der Waals surface area contributed by atoms with E-state index in [1.807, 2.05) is 0 Å². The van der Waals surface area contributed by atoms with Gasteiger partial charge in [-0.05, 0) is 6.42 Å². The summed E-state index contributed by atoms with van der Waals surface area (Å²) in [5, 5.41) is 10.3. The zero-order valence-corrected chi connectivity index (χ0v) is 17.2. The van der Waals surface area contributed by atoms with Crippen LogP contribution in [0.1, 0.15) is 19.8 Å². The highest BCUT2D eigenvalue weighted by Gasteiger charge is 2.37. The summed E-state index contributed by atoms with van der Waals surface area (Å²) >= 11 is 19.0. The molecule has 1 saturated heterocycles. The second-order valence-corrected chi connectivity index (χ2v) is 9.33. The largest absolute Gasteiger partial charge is 0.478 e. The predicted octanol–water partition coefficient (Wildman–Crippen LogP) is 3.23. The topological polar surface area (TPSA) is 93.0 Å². The molecule has 0 saturated carbocycles. The van der Waals surface area contributed by atoms with Crippen LogP contribution in [0.5, 0.6) is 0 Å². The third kappa shape index (κ3) is 5.67. The molecule has 7 nitrogen and oxygen atoms in total. The van der Waals surface area contributed by atoms with Crippen LogP contribution >= 0.6 is 57.4 Å². The highest BCUT2D eigenvalue weighted by molar-refractivity contribution is 14.1. The molecule has 11 heteroatoms. The molecule has 1 fully saturated rings. The number of aliphatic imine (C=N–C) groups is 1. The summed E-state index contributed by atoms with van der Waals surface area (Å²) in [6.45, 7) is 2.34. The Hall–Kier alpha value is -0.190. The lowest BCUT2D eigenvalue weighted by molar-refractivity contribution is 0.145. The van der Waals surface area contributed by atoms with Gasteiger partial charge < -0.3 is 19.5 Å². The third-order valence-electron chi connectivity index (χ3n) is 3.56. The monoisotopic (exact) mass is 511 g/mol. The summed E-state index contributed by atoms with van der Waals surface area (Å²) in [6.07, 6.45) is 0.648. The highest BCUT2D eigenvalue weighted by atomic mass is 127. The van der Waals surface area contributed by atoms with Gasteiger partial charge in [0.15, 0.2) is 5.90 Å². The molecule has 24 heavy (non-hydrogen) atoms. The number of cyclic esters (lactones) is 1. The van der Waals surface area contributed by atoms with Crippen LogP contribution in [0.25, 0.3) is 0 Å². The summed E-state index contributed by atoms with van der Waals surface area (Å²) in [6, 6.07) is -0.0985. The quantitative estimate of drug-likeness (QED) is 0.247. The van der Waals surface area contributed by atoms with Gasteiger partial charge in [0.1, 0.15) is 18.8 Å². The van der Waals surface area contributed by atoms with Gasteiger partial charge in [-0.25, -0.2) is 9.79 Å². The zero-order chi connectivity index (χ0) is 17.9. The molecule has 0 aromatic carbocycles. The van der Waals surface area contributed by atoms with Crippen molar-refractivity contribution in [2.24, 2.45) is 4.99 Å². The second-order valence-electron chi connectivity index (χ2n) is 5.45. The molecule has 2 aliphatic heterocycles. The Kier molecular flexibility index (Phi) is 7.10. The lowest BCUT2D eigenvalue weighted by Crippen LogP contribution is -2.37. The van der Waals surface area contributed by atoms with E-state index in [4.69, 9.17) is 54.4 Å². The molecule has 2 rings (SSSR count). The van der Waals surface area contributed by atoms with Gasteiger partial charge in [-0.2, -0.15) is 0 Å². The van der Waals surface area contributed by atoms with Crippen LogP contribution in [0.3, 0.4) is 0 Å². The van der Waals surface area contributed by atoms with E-state index in [-0.39, 0.29) is 34.8 Å². The molecule has 0 spiro atoms. The Morgan fingerprint density at radius 1 is 1.58 bits per heavy atom. The van der Waals surface area contributed by atoms with Crippen molar-refractivity contribution in [3.8, 4) is 0 Å². The Balaban J connectivity index is 1.83. The maximum absolute atomic E-state index is 11.1. The second kappa shape index (κ2) is 8.46. The fourth-order valence-electron chi connectivity index (χ4n) is 2.48. The molecular weight excluding hydrogens is 495 g/mol. The van der Waals surface area contributed by atoms with Crippen molar-refractivity contribution in [2.75, 3.05) is 13.2 Å². The molecule has 0 aromatic heterocycles. The average molecular weight is 513 g/mol. The van der Waals surface area contributed by atoms with Crippen LogP contribution < -0.4 is 5.32 Å². The average Bonchev–Trinajstić information content (AvgIpc) is 3.03. The van der Waals surface area contributed by atoms with Gasteiger partial charge >= 0.3 is 6.09 Å². The maximum atomic E-state index is 11.1. The van der Waals surface area contributed by atoms with Gasteiger partial charge in [0.05, 0.1) is 12.6 Å². The molecule has 1 amide bonds. The number of carbonyl (C=O) groups is 1. The summed E-state index contributed by atoms with van der Waals surface area (Å²) in [4.78, 5) is 15.6. The Bertz CT molecular complexity index is 529. The number of amides is 1. The molecule has 2 heterocycles. The Labute approximate surface area is 168 Å². The maximum Gasteiger partial charge on any atom is 0.407 e. The van der Waals surface area contributed by atoms with Crippen molar-refractivity contribution in [3.05, 3.63) is 0 Å². The lowest BCUT2D eigenvalue weighted by Gasteiger charge is -2.23. The molecular formula is C13H17Cl3IN3O4. The van der Waals surface area contributed by atoms with Crippen LogP contribution in [0.4, 0.5) is 4.79 Å². The number of rotatable bonds is 6. The van der Waals surface area contributed by atoms with Crippen LogP contribution in [-0.4, -0.2) is 57.0 Å². The molecule has 2 N–H and O–H groups in total. The Morgan fingerprint density at radius 3 is 2.88 bits per heavy atom. The standard InChI is InChI=1S/C13H17Cl3IN3O4/c1-6-19-10(8(17)4-7-5-23-12(21)20-7)9(24-6)2-3-22-11(18)13(14,15)16/h7-10,18H,2-5H2,1H3,(H,20,21)/t7-,8+,9-,10-/m0/s1. The van der Waals surface area contributed by atoms with Gasteiger partial charge in [0, 0.05) is 17.3 Å². The van der Waals surface area contributed by atoms with Gasteiger partial charge in [-0.1, -0.05) is 57.4 Å². The van der Waals surface area contributed by atoms with E-state index in [1.54, 1.807) is 6.92 Å². The van der Waals surface area contributed by atoms with E-state index in [0.29, 0.717) is 18.9 Å². The van der Waals surface area contributed by atoms with Gasteiger partial charge in [0.25, 0.3) is 3.79 Å². The number of hydrogen-bond donors (Lipinski definition) is 2. The number of nitrogens with one attached hydrogen (secondary N) is 2. The fourth-order valence-corrected chi connectivity index (χ4v) is 3.88. The lowest BCUT2D eigenvalue weighted by atomic mass is 10.0. The molecule has 0 bridgehead atoms. The first kappa shape index (κ1) is 20.1. The van der Waals surface area contributed by atoms with Crippen LogP contribution in [0.15, 0.2) is 4.99 Å². The normalized spacial score (nSPS) is 27.8. The number of alkyl carbamates (subject to hydrolysis) is 1. The Morgan fingerprint density at radius 2 is 2.29 bits per heavy atom. The van der Waals surface area contributed by atoms with Crippen LogP contribution in [-0.2, 0) is 14.2 Å². The van der Waals surface area contributed by atoms with Crippen LogP contribution in [0.2, 0.25) is 0 Å². The smallest absolute Gasteiger partial charge is 0.407 e. The van der Waals surface area contributed by atoms with Gasteiger partial charge in [0.2, 0.25) is 5.90 Å². The minimum Gasteiger partial charge on any atom is -0.478 e. The van der Waals surface area contributed by atoms with Crippen molar-refractivity contribution in [1.29, 1.82) is 5.41 Å². The van der Waals surface area contributed by atoms with E-state index in [0.717, 1.165) is 6.42 Å². The van der Waals surface area contributed by atoms with E-state index in [1.165, 1.54) is 0 Å². The van der Waals surface area contributed by atoms with Crippen molar-refractivity contribution < 1.29 is 19.0 Å². The van der Waals surface area contributed by atoms with Gasteiger partial charge in [-0.15, -0.1) is 0 Å². The predicted molar refractivity (Wildman–Crippen MR) is 101 cm³/mol. The number of ether oxygens (including phenoxy) is 3. The SMILES string of the molecule is CC1=N[C@@H]([C@H](I)C[C@H]2COC(=O)N2)[C@H](CCOC(=N)C(Cl)(Cl)Cl)O1. The number of alkyl halides is 4. The number of carbonyl (C=O) groups excluding carboxylic acids is 1. The molecule has 2 aliphatic rings. The molecule has 136 valence electrons. The first-order valence-corrected chi connectivity index (χ1v) is 9.61. The minimum atomic E-state index is -1.87. The number of nitrogens with zero attached hydrogens (tertiary/aromatic N) is 1. The van der Waals surface area contributed by atoms with Crippen molar-refractivity contribution in [1.82, 2.24) is 5.32 Å². The van der Waals surface area contributed by atoms with E-state index < -0.39 is 9.69 Å².